The van der Waals surface area contributed by atoms with Crippen molar-refractivity contribution in [3.63, 3.8) is 0 Å². The van der Waals surface area contributed by atoms with Crippen LogP contribution in [0.1, 0.15) is 62.9 Å². The van der Waals surface area contributed by atoms with E-state index in [1.54, 1.807) is 0 Å². The summed E-state index contributed by atoms with van der Waals surface area (Å²) in [6, 6.07) is 6.20. The molecule has 0 atom stereocenters. The number of hydrogen-bond acceptors (Lipinski definition) is 3. The van der Waals surface area contributed by atoms with E-state index in [0.29, 0.717) is 19.0 Å². The normalized spacial score (nSPS) is 14.4. The second-order valence-corrected chi connectivity index (χ2v) is 8.75. The predicted molar refractivity (Wildman–Crippen MR) is 107 cm³/mol. The van der Waals surface area contributed by atoms with Crippen molar-refractivity contribution in [2.45, 2.75) is 66.0 Å². The lowest BCUT2D eigenvalue weighted by atomic mass is 10.0. The number of hydrogen-bond donors (Lipinski definition) is 0. The molecule has 1 aromatic heterocycles. The van der Waals surface area contributed by atoms with E-state index >= 15 is 0 Å². The smallest absolute Gasteiger partial charge is 0.260 e. The van der Waals surface area contributed by atoms with Crippen LogP contribution in [-0.4, -0.2) is 33.7 Å². The fraction of sp³-hybridized carbons (Fsp3) is 0.545. The van der Waals surface area contributed by atoms with Gasteiger partial charge < -0.3 is 9.64 Å². The number of amides is 1. The fourth-order valence-electron chi connectivity index (χ4n) is 3.60. The number of benzene rings is 1. The Hall–Kier alpha value is -2.30. The number of carbonyl (C=O) groups is 1. The zero-order chi connectivity index (χ0) is 19.8. The molecular weight excluding hydrogens is 338 g/mol. The average Bonchev–Trinajstić information content (AvgIpc) is 3.02. The number of carbonyl (C=O) groups excluding carboxylic acids is 1. The largest absolute Gasteiger partial charge is 0.483 e. The van der Waals surface area contributed by atoms with Crippen LogP contribution in [0.25, 0.3) is 0 Å². The van der Waals surface area contributed by atoms with Crippen molar-refractivity contribution in [3.8, 4) is 5.75 Å². The maximum Gasteiger partial charge on any atom is 0.260 e. The monoisotopic (exact) mass is 369 g/mol. The van der Waals surface area contributed by atoms with E-state index in [9.17, 15) is 4.79 Å². The van der Waals surface area contributed by atoms with Crippen molar-refractivity contribution < 1.29 is 9.53 Å². The summed E-state index contributed by atoms with van der Waals surface area (Å²) in [6.07, 6.45) is 2.73. The molecule has 146 valence electrons. The minimum Gasteiger partial charge on any atom is -0.483 e. The molecule has 0 N–H and O–H groups in total. The Balaban J connectivity index is 1.67. The molecule has 0 radical (unpaired) electrons. The fourth-order valence-corrected chi connectivity index (χ4v) is 3.60. The highest BCUT2D eigenvalue weighted by molar-refractivity contribution is 5.78. The molecule has 0 fully saturated rings. The number of aromatic nitrogens is 2. The second-order valence-electron chi connectivity index (χ2n) is 8.75. The Morgan fingerprint density at radius 2 is 2.04 bits per heavy atom. The van der Waals surface area contributed by atoms with Crippen LogP contribution in [0.3, 0.4) is 0 Å². The van der Waals surface area contributed by atoms with Crippen LogP contribution in [0, 0.1) is 6.92 Å². The molecule has 2 heterocycles. The van der Waals surface area contributed by atoms with Gasteiger partial charge in [-0.15, -0.1) is 0 Å². The number of ether oxygens (including phenoxy) is 1. The third-order valence-electron chi connectivity index (χ3n) is 5.07. The van der Waals surface area contributed by atoms with E-state index in [0.717, 1.165) is 28.9 Å². The minimum atomic E-state index is -0.0404. The van der Waals surface area contributed by atoms with Gasteiger partial charge in [-0.25, -0.2) is 0 Å². The molecule has 1 aromatic carbocycles. The topological polar surface area (TPSA) is 47.4 Å². The second kappa shape index (κ2) is 7.37. The van der Waals surface area contributed by atoms with Gasteiger partial charge in [-0.2, -0.15) is 5.10 Å². The molecule has 1 aliphatic rings. The number of rotatable bonds is 4. The molecule has 5 nitrogen and oxygen atoms in total. The van der Waals surface area contributed by atoms with Gasteiger partial charge in [-0.3, -0.25) is 9.48 Å². The first kappa shape index (κ1) is 19.5. The molecule has 0 unspecified atom stereocenters. The van der Waals surface area contributed by atoms with Crippen molar-refractivity contribution in [3.05, 3.63) is 46.8 Å². The molecule has 0 saturated heterocycles. The summed E-state index contributed by atoms with van der Waals surface area (Å²) in [5.41, 5.74) is 4.62. The standard InChI is InChI=1S/C22H31N3O2/c1-15(2)18-8-7-16(3)11-20(18)27-14-21(26)24-10-9-19-17(13-24)12-23-25(19)22(4,5)6/h7-8,11-12,15H,9-10,13-14H2,1-6H3. The predicted octanol–water partition coefficient (Wildman–Crippen LogP) is 4.03. The molecule has 3 rings (SSSR count). The van der Waals surface area contributed by atoms with Crippen LogP contribution in [0.5, 0.6) is 5.75 Å². The molecule has 0 spiro atoms. The van der Waals surface area contributed by atoms with Gasteiger partial charge in [0.15, 0.2) is 6.61 Å². The SMILES string of the molecule is Cc1ccc(C(C)C)c(OCC(=O)N2CCc3c(cnn3C(C)(C)C)C2)c1. The van der Waals surface area contributed by atoms with E-state index in [2.05, 4.69) is 56.5 Å². The maximum absolute atomic E-state index is 12.7. The van der Waals surface area contributed by atoms with Crippen LogP contribution in [-0.2, 0) is 23.3 Å². The van der Waals surface area contributed by atoms with Gasteiger partial charge in [0.1, 0.15) is 5.75 Å². The first-order chi connectivity index (χ1) is 12.7. The summed E-state index contributed by atoms with van der Waals surface area (Å²) >= 11 is 0. The number of nitrogens with zero attached hydrogens (tertiary/aromatic N) is 3. The van der Waals surface area contributed by atoms with Gasteiger partial charge in [0.05, 0.1) is 11.7 Å². The molecule has 5 heteroatoms. The quantitative estimate of drug-likeness (QED) is 0.817. The van der Waals surface area contributed by atoms with Crippen molar-refractivity contribution >= 4 is 5.91 Å². The highest BCUT2D eigenvalue weighted by Crippen LogP contribution is 2.28. The van der Waals surface area contributed by atoms with Gasteiger partial charge in [0.25, 0.3) is 5.91 Å². The highest BCUT2D eigenvalue weighted by Gasteiger charge is 2.27. The minimum absolute atomic E-state index is 0.0281. The van der Waals surface area contributed by atoms with Crippen LogP contribution >= 0.6 is 0 Å². The molecule has 2 aromatic rings. The zero-order valence-electron chi connectivity index (χ0n) is 17.4. The lowest BCUT2D eigenvalue weighted by molar-refractivity contribution is -0.134. The maximum atomic E-state index is 12.7. The summed E-state index contributed by atoms with van der Waals surface area (Å²) in [7, 11) is 0. The molecule has 0 aliphatic carbocycles. The Kier molecular flexibility index (Phi) is 5.31. The van der Waals surface area contributed by atoms with E-state index in [1.165, 1.54) is 5.69 Å². The Bertz CT molecular complexity index is 831. The van der Waals surface area contributed by atoms with E-state index in [1.807, 2.05) is 24.1 Å². The van der Waals surface area contributed by atoms with Crippen LogP contribution < -0.4 is 4.74 Å². The summed E-state index contributed by atoms with van der Waals surface area (Å²) < 4.78 is 8.02. The lowest BCUT2D eigenvalue weighted by Gasteiger charge is -2.30. The first-order valence-electron chi connectivity index (χ1n) is 9.74. The summed E-state index contributed by atoms with van der Waals surface area (Å²) in [5.74, 6) is 1.20. The molecule has 1 aliphatic heterocycles. The van der Waals surface area contributed by atoms with E-state index in [-0.39, 0.29) is 18.1 Å². The molecule has 0 saturated carbocycles. The lowest BCUT2D eigenvalue weighted by Crippen LogP contribution is -2.40. The first-order valence-corrected chi connectivity index (χ1v) is 9.74. The Morgan fingerprint density at radius 1 is 1.30 bits per heavy atom. The van der Waals surface area contributed by atoms with Gasteiger partial charge in [0.2, 0.25) is 0 Å². The Morgan fingerprint density at radius 3 is 2.70 bits per heavy atom. The van der Waals surface area contributed by atoms with Crippen molar-refractivity contribution in [2.75, 3.05) is 13.2 Å². The van der Waals surface area contributed by atoms with Gasteiger partial charge in [-0.05, 0) is 50.8 Å². The highest BCUT2D eigenvalue weighted by atomic mass is 16.5. The molecule has 0 bridgehead atoms. The Labute approximate surface area is 162 Å². The zero-order valence-corrected chi connectivity index (χ0v) is 17.4. The van der Waals surface area contributed by atoms with Crippen LogP contribution in [0.15, 0.2) is 24.4 Å². The van der Waals surface area contributed by atoms with Crippen molar-refractivity contribution in [1.29, 1.82) is 0 Å². The van der Waals surface area contributed by atoms with Gasteiger partial charge in [0, 0.05) is 30.8 Å². The van der Waals surface area contributed by atoms with Crippen LogP contribution in [0.4, 0.5) is 0 Å². The van der Waals surface area contributed by atoms with Crippen molar-refractivity contribution in [2.24, 2.45) is 0 Å². The summed E-state index contributed by atoms with van der Waals surface area (Å²) in [5, 5.41) is 4.54. The van der Waals surface area contributed by atoms with Gasteiger partial charge in [-0.1, -0.05) is 26.0 Å². The van der Waals surface area contributed by atoms with Crippen molar-refractivity contribution in [1.82, 2.24) is 14.7 Å². The average molecular weight is 370 g/mol. The van der Waals surface area contributed by atoms with Gasteiger partial charge >= 0.3 is 0 Å². The molecule has 27 heavy (non-hydrogen) atoms. The van der Waals surface area contributed by atoms with E-state index in [4.69, 9.17) is 4.74 Å². The number of fused-ring (bicyclic) bond motifs is 1. The molecule has 1 amide bonds. The third kappa shape index (κ3) is 4.18. The third-order valence-corrected chi connectivity index (χ3v) is 5.07. The summed E-state index contributed by atoms with van der Waals surface area (Å²) in [4.78, 5) is 14.6. The summed E-state index contributed by atoms with van der Waals surface area (Å²) in [6.45, 7) is 14.2. The number of aryl methyl sites for hydroxylation is 1. The molecular formula is C22H31N3O2. The van der Waals surface area contributed by atoms with Crippen LogP contribution in [0.2, 0.25) is 0 Å². The van der Waals surface area contributed by atoms with E-state index < -0.39 is 0 Å².